The zero-order valence-corrected chi connectivity index (χ0v) is 7.67. The Balaban J connectivity index is 2.30. The summed E-state index contributed by atoms with van der Waals surface area (Å²) in [6, 6.07) is 1.50. The summed E-state index contributed by atoms with van der Waals surface area (Å²) in [7, 11) is 1.54. The first-order valence-electron chi connectivity index (χ1n) is 4.56. The number of hydrogen-bond donors (Lipinski definition) is 1. The Morgan fingerprint density at radius 3 is 3.00 bits per heavy atom. The zero-order valence-electron chi connectivity index (χ0n) is 7.67. The van der Waals surface area contributed by atoms with Gasteiger partial charge in [0.2, 0.25) is 5.43 Å². The molecule has 1 saturated carbocycles. The third kappa shape index (κ3) is 1.74. The van der Waals surface area contributed by atoms with Crippen LogP contribution in [0.1, 0.15) is 18.5 Å². The fourth-order valence-corrected chi connectivity index (χ4v) is 1.49. The van der Waals surface area contributed by atoms with Gasteiger partial charge in [-0.25, -0.2) is 0 Å². The van der Waals surface area contributed by atoms with Crippen molar-refractivity contribution in [1.29, 1.82) is 0 Å². The van der Waals surface area contributed by atoms with Gasteiger partial charge in [-0.3, -0.25) is 4.79 Å². The molecule has 1 aromatic rings. The SMILES string of the molecule is COc1c(CC2CC2)[nH]ccc1=O. The Labute approximate surface area is 76.7 Å². The van der Waals surface area contributed by atoms with E-state index in [0.29, 0.717) is 5.75 Å². The molecule has 1 aliphatic carbocycles. The molecule has 0 amide bonds. The van der Waals surface area contributed by atoms with Crippen molar-refractivity contribution in [3.8, 4) is 5.75 Å². The minimum absolute atomic E-state index is 0.0306. The average molecular weight is 179 g/mol. The highest BCUT2D eigenvalue weighted by Gasteiger charge is 2.23. The number of nitrogens with one attached hydrogen (secondary N) is 1. The molecule has 13 heavy (non-hydrogen) atoms. The minimum atomic E-state index is -0.0306. The van der Waals surface area contributed by atoms with E-state index in [4.69, 9.17) is 4.74 Å². The molecule has 0 unspecified atom stereocenters. The van der Waals surface area contributed by atoms with Gasteiger partial charge in [-0.05, 0) is 25.2 Å². The molecule has 0 atom stereocenters. The van der Waals surface area contributed by atoms with Crippen LogP contribution in [0.15, 0.2) is 17.1 Å². The van der Waals surface area contributed by atoms with E-state index in [0.717, 1.165) is 18.0 Å². The molecule has 70 valence electrons. The molecule has 1 aromatic heterocycles. The van der Waals surface area contributed by atoms with Gasteiger partial charge < -0.3 is 9.72 Å². The van der Waals surface area contributed by atoms with Gasteiger partial charge in [-0.15, -0.1) is 0 Å². The summed E-state index contributed by atoms with van der Waals surface area (Å²) < 4.78 is 5.06. The summed E-state index contributed by atoms with van der Waals surface area (Å²) in [6.45, 7) is 0. The van der Waals surface area contributed by atoms with Crippen LogP contribution in [0, 0.1) is 5.92 Å². The van der Waals surface area contributed by atoms with E-state index in [9.17, 15) is 4.79 Å². The van der Waals surface area contributed by atoms with Gasteiger partial charge in [0, 0.05) is 12.3 Å². The summed E-state index contributed by atoms with van der Waals surface area (Å²) >= 11 is 0. The number of rotatable bonds is 3. The number of pyridine rings is 1. The third-order valence-corrected chi connectivity index (χ3v) is 2.38. The lowest BCUT2D eigenvalue weighted by Gasteiger charge is -2.05. The molecule has 3 heteroatoms. The number of aromatic nitrogens is 1. The highest BCUT2D eigenvalue weighted by atomic mass is 16.5. The molecule has 0 aromatic carbocycles. The second-order valence-corrected chi connectivity index (χ2v) is 3.50. The molecule has 0 spiro atoms. The Kier molecular flexibility index (Phi) is 2.08. The Bertz CT molecular complexity index is 352. The van der Waals surface area contributed by atoms with E-state index in [1.54, 1.807) is 13.3 Å². The van der Waals surface area contributed by atoms with Crippen molar-refractivity contribution in [3.05, 3.63) is 28.2 Å². The predicted octanol–water partition coefficient (Wildman–Crippen LogP) is 1.34. The van der Waals surface area contributed by atoms with Gasteiger partial charge in [-0.1, -0.05) is 0 Å². The lowest BCUT2D eigenvalue weighted by Crippen LogP contribution is -2.09. The summed E-state index contributed by atoms with van der Waals surface area (Å²) in [5.41, 5.74) is 0.911. The first kappa shape index (κ1) is 8.35. The normalized spacial score (nSPS) is 15.8. The van der Waals surface area contributed by atoms with E-state index in [2.05, 4.69) is 4.98 Å². The van der Waals surface area contributed by atoms with Crippen LogP contribution in [0.2, 0.25) is 0 Å². The zero-order chi connectivity index (χ0) is 9.26. The third-order valence-electron chi connectivity index (χ3n) is 2.38. The smallest absolute Gasteiger partial charge is 0.223 e. The van der Waals surface area contributed by atoms with Crippen LogP contribution in [0.3, 0.4) is 0 Å². The van der Waals surface area contributed by atoms with Gasteiger partial charge >= 0.3 is 0 Å². The fourth-order valence-electron chi connectivity index (χ4n) is 1.49. The molecule has 3 nitrogen and oxygen atoms in total. The molecule has 1 heterocycles. The number of H-pyrrole nitrogens is 1. The Hall–Kier alpha value is -1.25. The van der Waals surface area contributed by atoms with Crippen molar-refractivity contribution >= 4 is 0 Å². The maximum Gasteiger partial charge on any atom is 0.223 e. The van der Waals surface area contributed by atoms with E-state index in [-0.39, 0.29) is 5.43 Å². The summed E-state index contributed by atoms with van der Waals surface area (Å²) in [4.78, 5) is 14.4. The van der Waals surface area contributed by atoms with Crippen LogP contribution in [-0.2, 0) is 6.42 Å². The number of ether oxygens (including phenoxy) is 1. The van der Waals surface area contributed by atoms with Crippen LogP contribution >= 0.6 is 0 Å². The lowest BCUT2D eigenvalue weighted by atomic mass is 10.2. The van der Waals surface area contributed by atoms with Crippen LogP contribution in [0.4, 0.5) is 0 Å². The molecule has 1 aliphatic rings. The van der Waals surface area contributed by atoms with E-state index < -0.39 is 0 Å². The summed E-state index contributed by atoms with van der Waals surface area (Å²) in [6.07, 6.45) is 5.18. The molecule has 0 saturated heterocycles. The highest BCUT2D eigenvalue weighted by Crippen LogP contribution is 2.33. The summed E-state index contributed by atoms with van der Waals surface area (Å²) in [5.74, 6) is 1.24. The van der Waals surface area contributed by atoms with Crippen LogP contribution in [0.5, 0.6) is 5.75 Å². The molecule has 0 bridgehead atoms. The molecule has 1 N–H and O–H groups in total. The number of methoxy groups -OCH3 is 1. The van der Waals surface area contributed by atoms with E-state index in [1.807, 2.05) is 0 Å². The average Bonchev–Trinajstić information content (AvgIpc) is 2.89. The standard InChI is InChI=1S/C10H13NO2/c1-13-10-8(6-7-2-3-7)11-5-4-9(10)12/h4-5,7H,2-3,6H2,1H3,(H,11,12). The lowest BCUT2D eigenvalue weighted by molar-refractivity contribution is 0.401. The number of aromatic amines is 1. The first-order valence-corrected chi connectivity index (χ1v) is 4.56. The molecule has 1 fully saturated rings. The van der Waals surface area contributed by atoms with E-state index in [1.165, 1.54) is 18.9 Å². The minimum Gasteiger partial charge on any atom is -0.491 e. The van der Waals surface area contributed by atoms with Crippen LogP contribution in [-0.4, -0.2) is 12.1 Å². The van der Waals surface area contributed by atoms with Crippen molar-refractivity contribution in [2.75, 3.05) is 7.11 Å². The largest absolute Gasteiger partial charge is 0.491 e. The van der Waals surface area contributed by atoms with Crippen molar-refractivity contribution in [2.45, 2.75) is 19.3 Å². The van der Waals surface area contributed by atoms with Crippen molar-refractivity contribution in [3.63, 3.8) is 0 Å². The van der Waals surface area contributed by atoms with E-state index >= 15 is 0 Å². The summed E-state index contributed by atoms with van der Waals surface area (Å²) in [5, 5.41) is 0. The quantitative estimate of drug-likeness (QED) is 0.760. The van der Waals surface area contributed by atoms with Crippen molar-refractivity contribution in [2.24, 2.45) is 5.92 Å². The topological polar surface area (TPSA) is 42.1 Å². The maximum absolute atomic E-state index is 11.3. The van der Waals surface area contributed by atoms with Crippen LogP contribution in [0.25, 0.3) is 0 Å². The van der Waals surface area contributed by atoms with Gasteiger partial charge in [0.25, 0.3) is 0 Å². The molecule has 2 rings (SSSR count). The maximum atomic E-state index is 11.3. The molecule has 0 aliphatic heterocycles. The Morgan fingerprint density at radius 2 is 2.38 bits per heavy atom. The molecular formula is C10H13NO2. The van der Waals surface area contributed by atoms with Gasteiger partial charge in [-0.2, -0.15) is 0 Å². The van der Waals surface area contributed by atoms with Crippen molar-refractivity contribution in [1.82, 2.24) is 4.98 Å². The Morgan fingerprint density at radius 1 is 1.62 bits per heavy atom. The molecular weight excluding hydrogens is 166 g/mol. The first-order chi connectivity index (χ1) is 6.31. The fraction of sp³-hybridized carbons (Fsp3) is 0.500. The number of hydrogen-bond acceptors (Lipinski definition) is 2. The highest BCUT2D eigenvalue weighted by molar-refractivity contribution is 5.27. The monoisotopic (exact) mass is 179 g/mol. The second-order valence-electron chi connectivity index (χ2n) is 3.50. The predicted molar refractivity (Wildman–Crippen MR) is 50.0 cm³/mol. The van der Waals surface area contributed by atoms with Gasteiger partial charge in [0.1, 0.15) is 0 Å². The van der Waals surface area contributed by atoms with Gasteiger partial charge in [0.05, 0.1) is 12.8 Å². The second kappa shape index (κ2) is 3.24. The van der Waals surface area contributed by atoms with Crippen molar-refractivity contribution < 1.29 is 4.74 Å². The van der Waals surface area contributed by atoms with Crippen LogP contribution < -0.4 is 10.2 Å². The van der Waals surface area contributed by atoms with Gasteiger partial charge in [0.15, 0.2) is 5.75 Å². The molecule has 0 radical (unpaired) electrons.